The molecular formula is C17H18N4O4. The highest BCUT2D eigenvalue weighted by Crippen LogP contribution is 2.19. The quantitative estimate of drug-likeness (QED) is 0.844. The van der Waals surface area contributed by atoms with Crippen LogP contribution in [0.2, 0.25) is 0 Å². The third-order valence-electron chi connectivity index (χ3n) is 3.98. The van der Waals surface area contributed by atoms with Crippen LogP contribution in [0.3, 0.4) is 0 Å². The Bertz CT molecular complexity index is 788. The molecule has 0 aromatic carbocycles. The van der Waals surface area contributed by atoms with Crippen molar-refractivity contribution in [1.29, 1.82) is 0 Å². The fourth-order valence-electron chi connectivity index (χ4n) is 2.60. The Labute approximate surface area is 144 Å². The zero-order valence-electron chi connectivity index (χ0n) is 13.8. The molecule has 4 amide bonds. The number of carbonyl (C=O) groups excluding carboxylic acids is 3. The molecule has 1 aliphatic rings. The normalized spacial score (nSPS) is 14.8. The summed E-state index contributed by atoms with van der Waals surface area (Å²) in [5, 5.41) is 2.65. The van der Waals surface area contributed by atoms with E-state index in [-0.39, 0.29) is 13.1 Å². The highest BCUT2D eigenvalue weighted by atomic mass is 16.3. The summed E-state index contributed by atoms with van der Waals surface area (Å²) < 4.78 is 5.32. The molecule has 1 fully saturated rings. The largest absolute Gasteiger partial charge is 0.464 e. The lowest BCUT2D eigenvalue weighted by Gasteiger charge is -2.31. The molecule has 8 heteroatoms. The van der Waals surface area contributed by atoms with Gasteiger partial charge in [0.1, 0.15) is 5.76 Å². The van der Waals surface area contributed by atoms with E-state index in [1.165, 1.54) is 4.90 Å². The van der Waals surface area contributed by atoms with Gasteiger partial charge in [-0.2, -0.15) is 0 Å². The van der Waals surface area contributed by atoms with E-state index in [0.29, 0.717) is 18.8 Å². The zero-order valence-corrected chi connectivity index (χ0v) is 13.8. The molecule has 0 saturated carbocycles. The van der Waals surface area contributed by atoms with Gasteiger partial charge in [-0.25, -0.2) is 4.79 Å². The van der Waals surface area contributed by atoms with E-state index in [1.54, 1.807) is 31.6 Å². The number of aromatic nitrogens is 1. The summed E-state index contributed by atoms with van der Waals surface area (Å²) in [7, 11) is 0. The lowest BCUT2D eigenvalue weighted by atomic mass is 10.1. The van der Waals surface area contributed by atoms with Crippen molar-refractivity contribution >= 4 is 17.8 Å². The van der Waals surface area contributed by atoms with Crippen LogP contribution in [0.5, 0.6) is 0 Å². The zero-order chi connectivity index (χ0) is 17.8. The summed E-state index contributed by atoms with van der Waals surface area (Å²) in [6, 6.07) is 4.85. The van der Waals surface area contributed by atoms with Crippen LogP contribution in [0.25, 0.3) is 11.3 Å². The van der Waals surface area contributed by atoms with Gasteiger partial charge in [0.05, 0.1) is 6.26 Å². The summed E-state index contributed by atoms with van der Waals surface area (Å²) in [5.41, 5.74) is 1.55. The van der Waals surface area contributed by atoms with E-state index in [0.717, 1.165) is 16.0 Å². The van der Waals surface area contributed by atoms with Gasteiger partial charge in [0.2, 0.25) is 0 Å². The maximum atomic E-state index is 12.2. The first kappa shape index (κ1) is 16.7. The summed E-state index contributed by atoms with van der Waals surface area (Å²) in [6.45, 7) is 2.97. The summed E-state index contributed by atoms with van der Waals surface area (Å²) >= 11 is 0. The molecule has 1 saturated heterocycles. The van der Waals surface area contributed by atoms with Gasteiger partial charge in [-0.05, 0) is 30.7 Å². The monoisotopic (exact) mass is 342 g/mol. The number of likely N-dealkylation sites (N-methyl/N-ethyl adjacent to an activating group) is 1. The Hall–Kier alpha value is -3.16. The second-order valence-corrected chi connectivity index (χ2v) is 5.56. The first-order valence-electron chi connectivity index (χ1n) is 7.96. The molecule has 3 rings (SSSR count). The van der Waals surface area contributed by atoms with Crippen molar-refractivity contribution in [3.05, 3.63) is 42.4 Å². The van der Waals surface area contributed by atoms with Crippen LogP contribution >= 0.6 is 0 Å². The number of hydrogen-bond acceptors (Lipinski definition) is 5. The smallest absolute Gasteiger partial charge is 0.324 e. The number of nitrogens with one attached hydrogen (secondary N) is 1. The number of carbonyl (C=O) groups is 3. The van der Waals surface area contributed by atoms with Gasteiger partial charge in [0.15, 0.2) is 0 Å². The number of pyridine rings is 1. The molecule has 2 aromatic heterocycles. The third-order valence-corrected chi connectivity index (χ3v) is 3.98. The molecule has 2 aromatic rings. The molecule has 0 radical (unpaired) electrons. The van der Waals surface area contributed by atoms with Gasteiger partial charge in [-0.1, -0.05) is 0 Å². The summed E-state index contributed by atoms with van der Waals surface area (Å²) in [6.07, 6.45) is 4.85. The SMILES string of the molecule is CCN1CCN(C(=O)NCc2cncc(-c3ccco3)c2)C(=O)C1=O. The van der Waals surface area contributed by atoms with Gasteiger partial charge in [-0.3, -0.25) is 19.5 Å². The second-order valence-electron chi connectivity index (χ2n) is 5.56. The molecule has 0 aliphatic carbocycles. The fourth-order valence-corrected chi connectivity index (χ4v) is 2.60. The Morgan fingerprint density at radius 1 is 1.28 bits per heavy atom. The van der Waals surface area contributed by atoms with Crippen molar-refractivity contribution in [2.75, 3.05) is 19.6 Å². The number of urea groups is 1. The molecule has 3 heterocycles. The minimum absolute atomic E-state index is 0.189. The van der Waals surface area contributed by atoms with E-state index in [1.807, 2.05) is 12.1 Å². The van der Waals surface area contributed by atoms with Crippen molar-refractivity contribution in [1.82, 2.24) is 20.1 Å². The topological polar surface area (TPSA) is 95.8 Å². The van der Waals surface area contributed by atoms with Crippen molar-refractivity contribution in [2.24, 2.45) is 0 Å². The average Bonchev–Trinajstić information content (AvgIpc) is 3.17. The number of furan rings is 1. The molecule has 1 aliphatic heterocycles. The highest BCUT2D eigenvalue weighted by molar-refractivity contribution is 6.38. The number of piperazine rings is 1. The van der Waals surface area contributed by atoms with Crippen LogP contribution in [0.1, 0.15) is 12.5 Å². The average molecular weight is 342 g/mol. The predicted octanol–water partition coefficient (Wildman–Crippen LogP) is 1.24. The molecule has 8 nitrogen and oxygen atoms in total. The lowest BCUT2D eigenvalue weighted by molar-refractivity contribution is -0.153. The molecular weight excluding hydrogens is 324 g/mol. The van der Waals surface area contributed by atoms with E-state index < -0.39 is 17.8 Å². The van der Waals surface area contributed by atoms with Crippen molar-refractivity contribution in [3.8, 4) is 11.3 Å². The van der Waals surface area contributed by atoms with E-state index in [9.17, 15) is 14.4 Å². The number of hydrogen-bond donors (Lipinski definition) is 1. The van der Waals surface area contributed by atoms with E-state index >= 15 is 0 Å². The summed E-state index contributed by atoms with van der Waals surface area (Å²) in [5.74, 6) is -0.768. The van der Waals surface area contributed by atoms with Gasteiger partial charge in [-0.15, -0.1) is 0 Å². The molecule has 25 heavy (non-hydrogen) atoms. The summed E-state index contributed by atoms with van der Waals surface area (Å²) in [4.78, 5) is 42.6. The van der Waals surface area contributed by atoms with Crippen LogP contribution in [-0.2, 0) is 16.1 Å². The predicted molar refractivity (Wildman–Crippen MR) is 88.1 cm³/mol. The van der Waals surface area contributed by atoms with Gasteiger partial charge in [0.25, 0.3) is 0 Å². The number of imide groups is 1. The molecule has 0 atom stereocenters. The molecule has 0 spiro atoms. The van der Waals surface area contributed by atoms with Gasteiger partial charge in [0, 0.05) is 44.1 Å². The molecule has 130 valence electrons. The van der Waals surface area contributed by atoms with E-state index in [2.05, 4.69) is 10.3 Å². The molecule has 0 bridgehead atoms. The van der Waals surface area contributed by atoms with Crippen molar-refractivity contribution < 1.29 is 18.8 Å². The highest BCUT2D eigenvalue weighted by Gasteiger charge is 2.35. The Morgan fingerprint density at radius 2 is 2.12 bits per heavy atom. The third kappa shape index (κ3) is 3.52. The first-order valence-corrected chi connectivity index (χ1v) is 7.96. The van der Waals surface area contributed by atoms with E-state index in [4.69, 9.17) is 4.42 Å². The second kappa shape index (κ2) is 7.16. The van der Waals surface area contributed by atoms with Crippen LogP contribution in [0.15, 0.2) is 41.3 Å². The number of rotatable bonds is 4. The van der Waals surface area contributed by atoms with Crippen LogP contribution in [0.4, 0.5) is 4.79 Å². The maximum absolute atomic E-state index is 12.2. The molecule has 0 unspecified atom stereocenters. The standard InChI is InChI=1S/C17H18N4O4/c1-2-20-5-6-21(16(23)15(20)22)17(24)19-10-12-8-13(11-18-9-12)14-4-3-7-25-14/h3-4,7-9,11H,2,5-6,10H2,1H3,(H,19,24). The minimum Gasteiger partial charge on any atom is -0.464 e. The van der Waals surface area contributed by atoms with Gasteiger partial charge >= 0.3 is 17.8 Å². The van der Waals surface area contributed by atoms with Crippen LogP contribution in [-0.4, -0.2) is 52.3 Å². The Balaban J connectivity index is 1.62. The minimum atomic E-state index is -0.798. The maximum Gasteiger partial charge on any atom is 0.324 e. The number of amides is 4. The van der Waals surface area contributed by atoms with Crippen LogP contribution < -0.4 is 5.32 Å². The first-order chi connectivity index (χ1) is 12.1. The number of nitrogens with zero attached hydrogens (tertiary/aromatic N) is 3. The van der Waals surface area contributed by atoms with Crippen LogP contribution in [0, 0.1) is 0 Å². The lowest BCUT2D eigenvalue weighted by Crippen LogP contribution is -2.58. The van der Waals surface area contributed by atoms with Crippen molar-refractivity contribution in [2.45, 2.75) is 13.5 Å². The van der Waals surface area contributed by atoms with Crippen molar-refractivity contribution in [3.63, 3.8) is 0 Å². The van der Waals surface area contributed by atoms with Gasteiger partial charge < -0.3 is 14.6 Å². The Morgan fingerprint density at radius 3 is 2.84 bits per heavy atom. The molecule has 1 N–H and O–H groups in total. The fraction of sp³-hybridized carbons (Fsp3) is 0.294. The Kier molecular flexibility index (Phi) is 4.78.